The Morgan fingerprint density at radius 3 is 1.52 bits per heavy atom. The molecule has 324 valence electrons. The summed E-state index contributed by atoms with van der Waals surface area (Å²) in [5.74, 6) is 0.215. The average Bonchev–Trinajstić information content (AvgIpc) is 3.34. The van der Waals surface area contributed by atoms with Gasteiger partial charge in [0.05, 0.1) is 41.2 Å². The highest BCUT2D eigenvalue weighted by atomic mass is 31.2. The maximum atomic E-state index is 14.5. The summed E-state index contributed by atoms with van der Waals surface area (Å²) >= 11 is 0. The first-order valence-corrected chi connectivity index (χ1v) is 23.2. The van der Waals surface area contributed by atoms with Crippen LogP contribution >= 0.6 is 7.37 Å². The van der Waals surface area contributed by atoms with Crippen LogP contribution in [0.3, 0.4) is 0 Å². The Kier molecular flexibility index (Phi) is 15.2. The third-order valence-electron chi connectivity index (χ3n) is 11.4. The number of ether oxygens (including phenoxy) is 1. The van der Waals surface area contributed by atoms with Gasteiger partial charge in [0, 0.05) is 19.3 Å². The zero-order valence-electron chi connectivity index (χ0n) is 35.8. The van der Waals surface area contributed by atoms with Crippen LogP contribution in [0.5, 0.6) is 11.5 Å². The van der Waals surface area contributed by atoms with Crippen LogP contribution in [0.1, 0.15) is 66.5 Å². The topological polar surface area (TPSA) is 119 Å². The molecule has 7 aromatic rings. The number of rotatable bonds is 21. The third kappa shape index (κ3) is 11.2. The summed E-state index contributed by atoms with van der Waals surface area (Å²) in [4.78, 5) is 42.1. The van der Waals surface area contributed by atoms with Gasteiger partial charge in [-0.15, -0.1) is 0 Å². The smallest absolute Gasteiger partial charge is 0.306 e. The molecule has 7 aromatic carbocycles. The first kappa shape index (κ1) is 45.2. The highest BCUT2D eigenvalue weighted by Gasteiger charge is 2.38. The minimum atomic E-state index is -3.52. The van der Waals surface area contributed by atoms with Gasteiger partial charge in [-0.3, -0.25) is 18.9 Å². The molecular formula is C55H52NO7P. The molecule has 7 rings (SSSR count). The number of benzene rings is 7. The van der Waals surface area contributed by atoms with Crippen molar-refractivity contribution in [3.05, 3.63) is 228 Å². The SMILES string of the molecule is CC(O)c1ccc(OCCC(=O)NC(CCC(=O)CC(c2ccccc2)(c2ccccc2)c2ccccc2)C(=O)Cc2ccc(OP(=O)(c3ccccc3)c3ccccc3)cc2)cc1. The number of carbonyl (C=O) groups excluding carboxylic acids is 3. The predicted octanol–water partition coefficient (Wildman–Crippen LogP) is 9.89. The highest BCUT2D eigenvalue weighted by Crippen LogP contribution is 2.45. The lowest BCUT2D eigenvalue weighted by Gasteiger charge is -2.35. The highest BCUT2D eigenvalue weighted by molar-refractivity contribution is 7.74. The lowest BCUT2D eigenvalue weighted by Crippen LogP contribution is -2.42. The molecule has 2 unspecified atom stereocenters. The van der Waals surface area contributed by atoms with Gasteiger partial charge in [0.15, 0.2) is 5.78 Å². The van der Waals surface area contributed by atoms with Crippen LogP contribution in [0, 0.1) is 0 Å². The lowest BCUT2D eigenvalue weighted by atomic mass is 9.66. The number of ketones is 2. The number of aliphatic hydroxyl groups excluding tert-OH is 1. The van der Waals surface area contributed by atoms with E-state index in [4.69, 9.17) is 9.26 Å². The largest absolute Gasteiger partial charge is 0.493 e. The molecule has 0 aliphatic rings. The van der Waals surface area contributed by atoms with Crippen LogP contribution in [-0.4, -0.2) is 35.2 Å². The van der Waals surface area contributed by atoms with Crippen molar-refractivity contribution >= 4 is 35.5 Å². The van der Waals surface area contributed by atoms with E-state index in [0.29, 0.717) is 27.7 Å². The second kappa shape index (κ2) is 21.5. The van der Waals surface area contributed by atoms with E-state index >= 15 is 0 Å². The van der Waals surface area contributed by atoms with Crippen molar-refractivity contribution in [2.75, 3.05) is 6.61 Å². The number of Topliss-reactive ketones (excluding diaryl/α,β-unsaturated/α-hetero) is 2. The molecule has 0 spiro atoms. The Morgan fingerprint density at radius 1 is 0.594 bits per heavy atom. The van der Waals surface area contributed by atoms with E-state index in [0.717, 1.165) is 22.3 Å². The standard InChI is InChI=1S/C55H52NO7P/c1-41(57)43-29-34-48(35-30-43)62-38-37-54(60)56-52(36-31-47(58)40-55(44-17-7-2-8-18-44,45-19-9-3-10-20-45)46-21-11-4-12-22-46)53(59)39-42-27-32-49(33-28-42)63-64(61,50-23-13-5-14-24-50)51-25-15-6-16-26-51/h2-30,32-35,41,52,57H,31,36-40H2,1H3,(H,56,60). The van der Waals surface area contributed by atoms with E-state index in [1.165, 1.54) is 0 Å². The first-order valence-electron chi connectivity index (χ1n) is 21.5. The normalized spacial score (nSPS) is 12.4. The van der Waals surface area contributed by atoms with Gasteiger partial charge < -0.3 is 19.7 Å². The molecule has 8 nitrogen and oxygen atoms in total. The Labute approximate surface area is 375 Å². The van der Waals surface area contributed by atoms with Gasteiger partial charge in [-0.1, -0.05) is 152 Å². The van der Waals surface area contributed by atoms with E-state index in [-0.39, 0.29) is 56.2 Å². The van der Waals surface area contributed by atoms with Gasteiger partial charge in [-0.25, -0.2) is 0 Å². The zero-order chi connectivity index (χ0) is 44.8. The van der Waals surface area contributed by atoms with E-state index in [1.54, 1.807) is 79.7 Å². The van der Waals surface area contributed by atoms with Crippen LogP contribution in [0.2, 0.25) is 0 Å². The molecule has 1 amide bonds. The average molecular weight is 870 g/mol. The summed E-state index contributed by atoms with van der Waals surface area (Å²) in [5, 5.41) is 13.9. The van der Waals surface area contributed by atoms with E-state index in [2.05, 4.69) is 5.32 Å². The fraction of sp³-hybridized carbons (Fsp3) is 0.182. The number of nitrogens with one attached hydrogen (secondary N) is 1. The number of hydrogen-bond acceptors (Lipinski definition) is 7. The number of amides is 1. The Morgan fingerprint density at radius 2 is 1.05 bits per heavy atom. The van der Waals surface area contributed by atoms with Crippen LogP contribution in [-0.2, 0) is 30.8 Å². The summed E-state index contributed by atoms with van der Waals surface area (Å²) < 4.78 is 26.6. The van der Waals surface area contributed by atoms with Gasteiger partial charge in [0.1, 0.15) is 17.3 Å². The molecule has 0 heterocycles. The predicted molar refractivity (Wildman–Crippen MR) is 253 cm³/mol. The van der Waals surface area contributed by atoms with Gasteiger partial charge in [0.25, 0.3) is 0 Å². The molecule has 0 saturated heterocycles. The Bertz CT molecular complexity index is 2480. The van der Waals surface area contributed by atoms with E-state index in [9.17, 15) is 24.1 Å². The van der Waals surface area contributed by atoms with Crippen molar-refractivity contribution in [1.29, 1.82) is 0 Å². The first-order chi connectivity index (χ1) is 31.1. The monoisotopic (exact) mass is 869 g/mol. The van der Waals surface area contributed by atoms with E-state index in [1.807, 2.05) is 127 Å². The summed E-state index contributed by atoms with van der Waals surface area (Å²) in [6, 6.07) is 61.0. The van der Waals surface area contributed by atoms with Crippen LogP contribution in [0.15, 0.2) is 200 Å². The Balaban J connectivity index is 1.09. The van der Waals surface area contributed by atoms with Gasteiger partial charge in [-0.2, -0.15) is 0 Å². The number of hydrogen-bond donors (Lipinski definition) is 2. The fourth-order valence-corrected chi connectivity index (χ4v) is 10.0. The third-order valence-corrected chi connectivity index (χ3v) is 13.8. The molecule has 0 aliphatic carbocycles. The van der Waals surface area contributed by atoms with Crippen LogP contribution in [0.4, 0.5) is 0 Å². The molecule has 0 bridgehead atoms. The molecule has 9 heteroatoms. The van der Waals surface area contributed by atoms with Gasteiger partial charge in [-0.05, 0) is 89.7 Å². The van der Waals surface area contributed by atoms with Crippen LogP contribution in [0.25, 0.3) is 0 Å². The lowest BCUT2D eigenvalue weighted by molar-refractivity contribution is -0.128. The van der Waals surface area contributed by atoms with Gasteiger partial charge in [0.2, 0.25) is 5.91 Å². The number of aliphatic hydroxyl groups is 1. The zero-order valence-corrected chi connectivity index (χ0v) is 36.7. The molecular weight excluding hydrogens is 818 g/mol. The van der Waals surface area contributed by atoms with Gasteiger partial charge >= 0.3 is 7.37 Å². The summed E-state index contributed by atoms with van der Waals surface area (Å²) in [6.45, 7) is 1.74. The summed E-state index contributed by atoms with van der Waals surface area (Å²) in [7, 11) is -3.52. The molecule has 0 radical (unpaired) electrons. The molecule has 0 fully saturated rings. The molecule has 0 saturated carbocycles. The maximum absolute atomic E-state index is 14.5. The molecule has 0 aliphatic heterocycles. The number of carbonyl (C=O) groups is 3. The minimum Gasteiger partial charge on any atom is -0.493 e. The second-order valence-corrected chi connectivity index (χ2v) is 18.1. The Hall–Kier alpha value is -6.86. The molecule has 0 aromatic heterocycles. The molecule has 2 N–H and O–H groups in total. The van der Waals surface area contributed by atoms with Crippen LogP contribution < -0.4 is 25.2 Å². The van der Waals surface area contributed by atoms with Crippen molar-refractivity contribution in [2.45, 2.75) is 56.6 Å². The van der Waals surface area contributed by atoms with Crippen molar-refractivity contribution in [2.24, 2.45) is 0 Å². The molecule has 2 atom stereocenters. The quantitative estimate of drug-likeness (QED) is 0.0546. The van der Waals surface area contributed by atoms with Crippen molar-refractivity contribution in [3.8, 4) is 11.5 Å². The second-order valence-electron chi connectivity index (χ2n) is 15.8. The van der Waals surface area contributed by atoms with Crippen molar-refractivity contribution < 1.29 is 33.3 Å². The summed E-state index contributed by atoms with van der Waals surface area (Å²) in [5.41, 5.74) is 3.52. The summed E-state index contributed by atoms with van der Waals surface area (Å²) in [6.07, 6.45) is -0.390. The minimum absolute atomic E-state index is 0.0239. The maximum Gasteiger partial charge on any atom is 0.306 e. The van der Waals surface area contributed by atoms with Crippen molar-refractivity contribution in [3.63, 3.8) is 0 Å². The van der Waals surface area contributed by atoms with Crippen molar-refractivity contribution in [1.82, 2.24) is 5.32 Å². The fourth-order valence-electron chi connectivity index (χ4n) is 7.99. The van der Waals surface area contributed by atoms with E-state index < -0.39 is 24.9 Å². The molecule has 64 heavy (non-hydrogen) atoms.